The standard InChI is InChI=1S/C13H25N3O.C6H4F2/c1-15-5-10-2-3-16(7-11(10)6-15)13-4-12(14)8-17-9-13;7-5-1-2-6(8)4-3-5/h10-13H,2-9,14H2,1H3;1-4H. The zero-order valence-corrected chi connectivity index (χ0v) is 14.9. The highest BCUT2D eigenvalue weighted by atomic mass is 19.1. The molecule has 3 aliphatic heterocycles. The van der Waals surface area contributed by atoms with Crippen LogP contribution in [0.2, 0.25) is 0 Å². The van der Waals surface area contributed by atoms with Crippen LogP contribution in [0, 0.1) is 23.5 Å². The maximum Gasteiger partial charge on any atom is 0.123 e. The fraction of sp³-hybridized carbons (Fsp3) is 0.684. The van der Waals surface area contributed by atoms with Crippen LogP contribution in [0.4, 0.5) is 8.78 Å². The second-order valence-electron chi connectivity index (χ2n) is 7.65. The number of piperidine rings is 1. The summed E-state index contributed by atoms with van der Waals surface area (Å²) in [4.78, 5) is 5.13. The quantitative estimate of drug-likeness (QED) is 0.838. The van der Waals surface area contributed by atoms with Crippen molar-refractivity contribution in [1.29, 1.82) is 0 Å². The Morgan fingerprint density at radius 2 is 1.64 bits per heavy atom. The molecule has 4 nitrogen and oxygen atoms in total. The summed E-state index contributed by atoms with van der Waals surface area (Å²) in [6, 6.07) is 5.14. The van der Waals surface area contributed by atoms with E-state index in [2.05, 4.69) is 16.8 Å². The van der Waals surface area contributed by atoms with Gasteiger partial charge in [-0.1, -0.05) is 0 Å². The maximum absolute atomic E-state index is 11.9. The van der Waals surface area contributed by atoms with Gasteiger partial charge < -0.3 is 15.4 Å². The van der Waals surface area contributed by atoms with Crippen molar-refractivity contribution in [2.24, 2.45) is 17.6 Å². The number of fused-ring (bicyclic) bond motifs is 1. The molecule has 0 aromatic heterocycles. The second-order valence-corrected chi connectivity index (χ2v) is 7.65. The molecule has 0 amide bonds. The molecule has 0 bridgehead atoms. The Labute approximate surface area is 148 Å². The van der Waals surface area contributed by atoms with Gasteiger partial charge in [-0.05, 0) is 62.5 Å². The van der Waals surface area contributed by atoms with Gasteiger partial charge in [0.1, 0.15) is 11.6 Å². The van der Waals surface area contributed by atoms with Crippen LogP contribution in [0.3, 0.4) is 0 Å². The van der Waals surface area contributed by atoms with E-state index in [1.165, 1.54) is 32.6 Å². The van der Waals surface area contributed by atoms with Crippen molar-refractivity contribution in [3.63, 3.8) is 0 Å². The average Bonchev–Trinajstić information content (AvgIpc) is 2.97. The van der Waals surface area contributed by atoms with Crippen molar-refractivity contribution in [3.05, 3.63) is 35.9 Å². The Balaban J connectivity index is 0.000000192. The van der Waals surface area contributed by atoms with Crippen LogP contribution < -0.4 is 5.73 Å². The smallest absolute Gasteiger partial charge is 0.123 e. The first kappa shape index (κ1) is 18.7. The van der Waals surface area contributed by atoms with E-state index in [4.69, 9.17) is 10.5 Å². The number of likely N-dealkylation sites (tertiary alicyclic amines) is 2. The summed E-state index contributed by atoms with van der Waals surface area (Å²) >= 11 is 0. The normalized spacial score (nSPS) is 33.4. The number of ether oxygens (including phenoxy) is 1. The minimum Gasteiger partial charge on any atom is -0.378 e. The molecule has 6 heteroatoms. The Morgan fingerprint density at radius 3 is 2.28 bits per heavy atom. The van der Waals surface area contributed by atoms with Crippen molar-refractivity contribution in [3.8, 4) is 0 Å². The minimum absolute atomic E-state index is 0.248. The topological polar surface area (TPSA) is 41.7 Å². The number of hydrogen-bond donors (Lipinski definition) is 1. The Kier molecular flexibility index (Phi) is 6.39. The third-order valence-electron chi connectivity index (χ3n) is 5.55. The first-order valence-electron chi connectivity index (χ1n) is 9.18. The predicted molar refractivity (Wildman–Crippen MR) is 94.2 cm³/mol. The average molecular weight is 353 g/mol. The van der Waals surface area contributed by atoms with E-state index in [1.807, 2.05) is 0 Å². The third kappa shape index (κ3) is 5.20. The van der Waals surface area contributed by atoms with E-state index in [1.54, 1.807) is 0 Å². The van der Waals surface area contributed by atoms with Crippen LogP contribution in [-0.4, -0.2) is 68.3 Å². The highest BCUT2D eigenvalue weighted by Gasteiger charge is 2.38. The predicted octanol–water partition coefficient (Wildman–Crippen LogP) is 1.95. The summed E-state index contributed by atoms with van der Waals surface area (Å²) in [6.45, 7) is 6.73. The third-order valence-corrected chi connectivity index (χ3v) is 5.55. The van der Waals surface area contributed by atoms with Gasteiger partial charge in [-0.2, -0.15) is 0 Å². The molecule has 4 unspecified atom stereocenters. The van der Waals surface area contributed by atoms with Gasteiger partial charge in [-0.3, -0.25) is 4.90 Å². The van der Waals surface area contributed by atoms with Gasteiger partial charge in [-0.25, -0.2) is 8.78 Å². The van der Waals surface area contributed by atoms with Gasteiger partial charge in [0.05, 0.1) is 13.2 Å². The van der Waals surface area contributed by atoms with E-state index in [-0.39, 0.29) is 6.04 Å². The van der Waals surface area contributed by atoms with Gasteiger partial charge in [0, 0.05) is 31.7 Å². The molecule has 0 saturated carbocycles. The van der Waals surface area contributed by atoms with Crippen LogP contribution in [0.1, 0.15) is 12.8 Å². The maximum atomic E-state index is 11.9. The van der Waals surface area contributed by atoms with Gasteiger partial charge >= 0.3 is 0 Å². The molecule has 4 atom stereocenters. The lowest BCUT2D eigenvalue weighted by atomic mass is 9.87. The Morgan fingerprint density at radius 1 is 1.00 bits per heavy atom. The van der Waals surface area contributed by atoms with Crippen molar-refractivity contribution in [2.45, 2.75) is 24.9 Å². The first-order valence-corrected chi connectivity index (χ1v) is 9.18. The molecule has 3 saturated heterocycles. The van der Waals surface area contributed by atoms with E-state index >= 15 is 0 Å². The molecule has 3 fully saturated rings. The van der Waals surface area contributed by atoms with Crippen LogP contribution >= 0.6 is 0 Å². The minimum atomic E-state index is -0.411. The fourth-order valence-electron chi connectivity index (χ4n) is 4.29. The lowest BCUT2D eigenvalue weighted by molar-refractivity contribution is -0.0118. The van der Waals surface area contributed by atoms with Crippen LogP contribution in [0.5, 0.6) is 0 Å². The van der Waals surface area contributed by atoms with E-state index < -0.39 is 11.6 Å². The molecule has 4 rings (SSSR count). The number of rotatable bonds is 1. The van der Waals surface area contributed by atoms with Gasteiger partial charge in [0.15, 0.2) is 0 Å². The summed E-state index contributed by atoms with van der Waals surface area (Å²) in [5.41, 5.74) is 6.00. The summed E-state index contributed by atoms with van der Waals surface area (Å²) in [6.07, 6.45) is 2.48. The fourth-order valence-corrected chi connectivity index (χ4v) is 4.29. The number of halogens is 2. The monoisotopic (exact) mass is 353 g/mol. The van der Waals surface area contributed by atoms with Crippen LogP contribution in [0.15, 0.2) is 24.3 Å². The molecule has 25 heavy (non-hydrogen) atoms. The molecule has 140 valence electrons. The molecule has 0 radical (unpaired) electrons. The summed E-state index contributed by atoms with van der Waals surface area (Å²) in [5.74, 6) is 0.999. The van der Waals surface area contributed by atoms with Gasteiger partial charge in [0.25, 0.3) is 0 Å². The largest absolute Gasteiger partial charge is 0.378 e. The van der Waals surface area contributed by atoms with Crippen LogP contribution in [-0.2, 0) is 4.74 Å². The highest BCUT2D eigenvalue weighted by molar-refractivity contribution is 5.04. The number of hydrogen-bond acceptors (Lipinski definition) is 4. The molecule has 2 N–H and O–H groups in total. The van der Waals surface area contributed by atoms with Gasteiger partial charge in [-0.15, -0.1) is 0 Å². The van der Waals surface area contributed by atoms with Crippen molar-refractivity contribution in [2.75, 3.05) is 46.4 Å². The van der Waals surface area contributed by atoms with Crippen molar-refractivity contribution in [1.82, 2.24) is 9.80 Å². The zero-order valence-electron chi connectivity index (χ0n) is 14.9. The van der Waals surface area contributed by atoms with E-state index in [0.29, 0.717) is 6.04 Å². The van der Waals surface area contributed by atoms with Crippen LogP contribution in [0.25, 0.3) is 0 Å². The molecule has 1 aromatic rings. The summed E-state index contributed by atoms with van der Waals surface area (Å²) in [7, 11) is 2.25. The Hall–Kier alpha value is -1.08. The molecular weight excluding hydrogens is 324 g/mol. The summed E-state index contributed by atoms with van der Waals surface area (Å²) < 4.78 is 29.4. The molecule has 0 aliphatic carbocycles. The number of nitrogens with zero attached hydrogens (tertiary/aromatic N) is 2. The van der Waals surface area contributed by atoms with Crippen molar-refractivity contribution >= 4 is 0 Å². The van der Waals surface area contributed by atoms with E-state index in [9.17, 15) is 8.78 Å². The SMILES string of the molecule is CN1CC2CCN(C3COCC(N)C3)CC2C1.Fc1ccc(F)cc1. The van der Waals surface area contributed by atoms with E-state index in [0.717, 1.165) is 55.7 Å². The molecular formula is C19H29F2N3O. The zero-order chi connectivity index (χ0) is 17.8. The van der Waals surface area contributed by atoms with Gasteiger partial charge in [0.2, 0.25) is 0 Å². The molecule has 0 spiro atoms. The molecule has 3 heterocycles. The molecule has 3 aliphatic rings. The van der Waals surface area contributed by atoms with Crippen molar-refractivity contribution < 1.29 is 13.5 Å². The Bertz CT molecular complexity index is 521. The molecule has 1 aromatic carbocycles. The second kappa shape index (κ2) is 8.54. The lowest BCUT2D eigenvalue weighted by Gasteiger charge is -2.42. The first-order chi connectivity index (χ1) is 12.0. The number of nitrogens with two attached hydrogens (primary N) is 1. The lowest BCUT2D eigenvalue weighted by Crippen LogP contribution is -2.52. The highest BCUT2D eigenvalue weighted by Crippen LogP contribution is 2.32. The summed E-state index contributed by atoms with van der Waals surface area (Å²) in [5, 5.41) is 0. The number of benzene rings is 1.